The predicted molar refractivity (Wildman–Crippen MR) is 108 cm³/mol. The summed E-state index contributed by atoms with van der Waals surface area (Å²) >= 11 is 12.5. The van der Waals surface area contributed by atoms with Gasteiger partial charge in [-0.05, 0) is 37.5 Å². The number of nitrogens with one attached hydrogen (secondary N) is 1. The molecule has 0 bridgehead atoms. The van der Waals surface area contributed by atoms with Crippen LogP contribution >= 0.6 is 23.2 Å². The standard InChI is InChI=1S/C21H19Cl2N3O/c1-15-8-10-17(11-9-15)14-24-21(2,19(22)23)20-26-25-18(27-20)13-12-16-6-4-3-5-7-16/h3-11,19,24H,14H2,1-2H3. The first-order chi connectivity index (χ1) is 13.0. The molecule has 6 heteroatoms. The summed E-state index contributed by atoms with van der Waals surface area (Å²) in [5.41, 5.74) is 2.26. The summed E-state index contributed by atoms with van der Waals surface area (Å²) in [5.74, 6) is 6.36. The molecule has 0 aliphatic heterocycles. The molecule has 3 rings (SSSR count). The molecule has 1 N–H and O–H groups in total. The Kier molecular flexibility index (Phi) is 6.18. The lowest BCUT2D eigenvalue weighted by Crippen LogP contribution is -2.45. The zero-order valence-corrected chi connectivity index (χ0v) is 16.6. The third kappa shape index (κ3) is 4.90. The van der Waals surface area contributed by atoms with Crippen LogP contribution in [0.1, 0.15) is 35.4 Å². The summed E-state index contributed by atoms with van der Waals surface area (Å²) in [5, 5.41) is 11.4. The SMILES string of the molecule is Cc1ccc(CNC(C)(c2nnc(C#Cc3ccccc3)o2)C(Cl)Cl)cc1. The predicted octanol–water partition coefficient (Wildman–Crippen LogP) is 4.59. The van der Waals surface area contributed by atoms with Crippen LogP contribution in [0.2, 0.25) is 0 Å². The Hall–Kier alpha value is -2.32. The molecule has 4 nitrogen and oxygen atoms in total. The molecule has 0 radical (unpaired) electrons. The molecule has 0 aliphatic carbocycles. The molecule has 0 aliphatic rings. The summed E-state index contributed by atoms with van der Waals surface area (Å²) in [6.07, 6.45) is 0. The van der Waals surface area contributed by atoms with Crippen molar-refractivity contribution >= 4 is 23.2 Å². The van der Waals surface area contributed by atoms with Gasteiger partial charge < -0.3 is 4.42 Å². The van der Waals surface area contributed by atoms with E-state index in [4.69, 9.17) is 27.6 Å². The molecule has 0 spiro atoms. The molecule has 3 aromatic rings. The number of rotatable bonds is 5. The summed E-state index contributed by atoms with van der Waals surface area (Å²) in [4.78, 5) is -0.793. The third-order valence-corrected chi connectivity index (χ3v) is 5.05. The minimum atomic E-state index is -0.909. The van der Waals surface area contributed by atoms with Gasteiger partial charge in [-0.3, -0.25) is 5.32 Å². The number of alkyl halides is 2. The average Bonchev–Trinajstić information content (AvgIpc) is 3.16. The maximum Gasteiger partial charge on any atom is 0.294 e. The Balaban J connectivity index is 1.77. The number of aromatic nitrogens is 2. The zero-order valence-electron chi connectivity index (χ0n) is 15.0. The van der Waals surface area contributed by atoms with Gasteiger partial charge in [0.05, 0.1) is 0 Å². The topological polar surface area (TPSA) is 51.0 Å². The Bertz CT molecular complexity index is 943. The van der Waals surface area contributed by atoms with Gasteiger partial charge in [0.1, 0.15) is 10.4 Å². The second kappa shape index (κ2) is 8.58. The Morgan fingerprint density at radius 2 is 1.74 bits per heavy atom. The zero-order chi connectivity index (χ0) is 19.3. The smallest absolute Gasteiger partial charge is 0.294 e. The highest BCUT2D eigenvalue weighted by Gasteiger charge is 2.39. The number of benzene rings is 2. The number of hydrogen-bond donors (Lipinski definition) is 1. The van der Waals surface area contributed by atoms with Crippen molar-refractivity contribution in [3.05, 3.63) is 83.1 Å². The molecule has 0 saturated carbocycles. The molecule has 1 aromatic heterocycles. The van der Waals surface area contributed by atoms with Gasteiger partial charge in [0, 0.05) is 12.1 Å². The van der Waals surface area contributed by atoms with Crippen molar-refractivity contribution in [2.75, 3.05) is 0 Å². The maximum absolute atomic E-state index is 6.23. The minimum Gasteiger partial charge on any atom is -0.412 e. The largest absolute Gasteiger partial charge is 0.412 e. The Morgan fingerprint density at radius 1 is 1.04 bits per heavy atom. The van der Waals surface area contributed by atoms with E-state index < -0.39 is 10.4 Å². The Morgan fingerprint density at radius 3 is 2.41 bits per heavy atom. The molecule has 138 valence electrons. The van der Waals surface area contributed by atoms with E-state index in [1.165, 1.54) is 5.56 Å². The third-order valence-electron chi connectivity index (χ3n) is 4.17. The van der Waals surface area contributed by atoms with Crippen LogP contribution in [0.3, 0.4) is 0 Å². The molecule has 0 fully saturated rings. The van der Waals surface area contributed by atoms with Gasteiger partial charge in [-0.15, -0.1) is 28.3 Å². The molecule has 1 heterocycles. The van der Waals surface area contributed by atoms with Crippen molar-refractivity contribution < 1.29 is 4.42 Å². The van der Waals surface area contributed by atoms with Crippen LogP contribution < -0.4 is 5.32 Å². The molecule has 1 unspecified atom stereocenters. The molecule has 0 amide bonds. The summed E-state index contributed by atoms with van der Waals surface area (Å²) in [6.45, 7) is 4.43. The summed E-state index contributed by atoms with van der Waals surface area (Å²) in [7, 11) is 0. The summed E-state index contributed by atoms with van der Waals surface area (Å²) < 4.78 is 5.71. The quantitative estimate of drug-likeness (QED) is 0.503. The van der Waals surface area contributed by atoms with E-state index >= 15 is 0 Å². The lowest BCUT2D eigenvalue weighted by Gasteiger charge is -2.28. The van der Waals surface area contributed by atoms with E-state index in [-0.39, 0.29) is 5.89 Å². The average molecular weight is 400 g/mol. The van der Waals surface area contributed by atoms with E-state index in [1.54, 1.807) is 0 Å². The normalized spacial score (nSPS) is 13.1. The fourth-order valence-electron chi connectivity index (χ4n) is 2.37. The van der Waals surface area contributed by atoms with Gasteiger partial charge in [-0.25, -0.2) is 0 Å². The van der Waals surface area contributed by atoms with Gasteiger partial charge in [0.2, 0.25) is 5.89 Å². The van der Waals surface area contributed by atoms with Crippen LogP contribution in [-0.4, -0.2) is 15.0 Å². The lowest BCUT2D eigenvalue weighted by molar-refractivity contribution is 0.295. The first-order valence-corrected chi connectivity index (χ1v) is 9.34. The molecular weight excluding hydrogens is 381 g/mol. The van der Waals surface area contributed by atoms with Crippen LogP contribution in [0.15, 0.2) is 59.0 Å². The van der Waals surface area contributed by atoms with Crippen molar-refractivity contribution in [3.8, 4) is 11.8 Å². The van der Waals surface area contributed by atoms with Crippen LogP contribution in [0.5, 0.6) is 0 Å². The molecule has 2 aromatic carbocycles. The lowest BCUT2D eigenvalue weighted by atomic mass is 10.0. The number of hydrogen-bond acceptors (Lipinski definition) is 4. The van der Waals surface area contributed by atoms with Crippen LogP contribution in [0, 0.1) is 18.8 Å². The highest BCUT2D eigenvalue weighted by Crippen LogP contribution is 2.30. The number of aryl methyl sites for hydroxylation is 1. The Labute approximate surface area is 168 Å². The fourth-order valence-corrected chi connectivity index (χ4v) is 2.71. The van der Waals surface area contributed by atoms with E-state index in [9.17, 15) is 0 Å². The molecule has 0 saturated heterocycles. The van der Waals surface area contributed by atoms with Gasteiger partial charge in [0.25, 0.3) is 5.89 Å². The maximum atomic E-state index is 6.23. The van der Waals surface area contributed by atoms with Crippen LogP contribution in [0.25, 0.3) is 0 Å². The fraction of sp³-hybridized carbons (Fsp3) is 0.238. The number of halogens is 2. The molecular formula is C21H19Cl2N3O. The first kappa shape index (κ1) is 19.4. The van der Waals surface area contributed by atoms with Crippen molar-refractivity contribution in [2.24, 2.45) is 0 Å². The second-order valence-electron chi connectivity index (χ2n) is 6.37. The highest BCUT2D eigenvalue weighted by molar-refractivity contribution is 6.45. The van der Waals surface area contributed by atoms with E-state index in [2.05, 4.69) is 39.5 Å². The van der Waals surface area contributed by atoms with Crippen LogP contribution in [-0.2, 0) is 12.1 Å². The van der Waals surface area contributed by atoms with Crippen molar-refractivity contribution in [2.45, 2.75) is 30.8 Å². The minimum absolute atomic E-state index is 0.214. The summed E-state index contributed by atoms with van der Waals surface area (Å²) in [6, 6.07) is 17.8. The van der Waals surface area contributed by atoms with E-state index in [0.717, 1.165) is 11.1 Å². The first-order valence-electron chi connectivity index (χ1n) is 8.47. The van der Waals surface area contributed by atoms with E-state index in [1.807, 2.05) is 56.3 Å². The van der Waals surface area contributed by atoms with Gasteiger partial charge in [-0.2, -0.15) is 0 Å². The van der Waals surface area contributed by atoms with Crippen molar-refractivity contribution in [1.29, 1.82) is 0 Å². The monoisotopic (exact) mass is 399 g/mol. The van der Waals surface area contributed by atoms with E-state index in [0.29, 0.717) is 12.4 Å². The second-order valence-corrected chi connectivity index (χ2v) is 7.47. The molecule has 1 atom stereocenters. The van der Waals surface area contributed by atoms with Gasteiger partial charge >= 0.3 is 0 Å². The van der Waals surface area contributed by atoms with Crippen molar-refractivity contribution in [3.63, 3.8) is 0 Å². The van der Waals surface area contributed by atoms with Gasteiger partial charge in [0.15, 0.2) is 0 Å². The van der Waals surface area contributed by atoms with Gasteiger partial charge in [-0.1, -0.05) is 59.0 Å². The number of nitrogens with zero attached hydrogens (tertiary/aromatic N) is 2. The van der Waals surface area contributed by atoms with Crippen LogP contribution in [0.4, 0.5) is 0 Å². The van der Waals surface area contributed by atoms with Crippen molar-refractivity contribution in [1.82, 2.24) is 15.5 Å². The molecule has 27 heavy (non-hydrogen) atoms. The highest BCUT2D eigenvalue weighted by atomic mass is 35.5.